The SMILES string of the molecule is COc1ccc(F)c(C2CNCCO2)c1C. The number of benzene rings is 1. The fourth-order valence-corrected chi connectivity index (χ4v) is 2.04. The predicted octanol–water partition coefficient (Wildman–Crippen LogP) is 1.80. The largest absolute Gasteiger partial charge is 0.496 e. The number of hydrogen-bond donors (Lipinski definition) is 1. The Morgan fingerprint density at radius 1 is 1.50 bits per heavy atom. The van der Waals surface area contributed by atoms with Crippen LogP contribution < -0.4 is 10.1 Å². The average Bonchev–Trinajstić information content (AvgIpc) is 2.31. The maximum Gasteiger partial charge on any atom is 0.129 e. The van der Waals surface area contributed by atoms with Crippen LogP contribution in [-0.2, 0) is 4.74 Å². The molecule has 88 valence electrons. The first-order chi connectivity index (χ1) is 7.74. The van der Waals surface area contributed by atoms with Crippen molar-refractivity contribution in [1.82, 2.24) is 5.32 Å². The molecular weight excluding hydrogens is 209 g/mol. The minimum Gasteiger partial charge on any atom is -0.496 e. The third-order valence-corrected chi connectivity index (χ3v) is 2.88. The van der Waals surface area contributed by atoms with E-state index >= 15 is 0 Å². The Morgan fingerprint density at radius 2 is 2.31 bits per heavy atom. The maximum absolute atomic E-state index is 13.8. The molecule has 1 saturated heterocycles. The van der Waals surface area contributed by atoms with Crippen LogP contribution in [-0.4, -0.2) is 26.8 Å². The molecule has 3 nitrogen and oxygen atoms in total. The van der Waals surface area contributed by atoms with E-state index in [0.29, 0.717) is 24.5 Å². The molecule has 4 heteroatoms. The highest BCUT2D eigenvalue weighted by atomic mass is 19.1. The van der Waals surface area contributed by atoms with Gasteiger partial charge in [-0.1, -0.05) is 0 Å². The summed E-state index contributed by atoms with van der Waals surface area (Å²) in [6, 6.07) is 3.07. The zero-order valence-electron chi connectivity index (χ0n) is 9.55. The summed E-state index contributed by atoms with van der Waals surface area (Å²) < 4.78 is 24.5. The van der Waals surface area contributed by atoms with Gasteiger partial charge in [-0.15, -0.1) is 0 Å². The summed E-state index contributed by atoms with van der Waals surface area (Å²) in [5.74, 6) is 0.470. The second-order valence-corrected chi connectivity index (χ2v) is 3.85. The molecular formula is C12H16FNO2. The van der Waals surface area contributed by atoms with E-state index in [-0.39, 0.29) is 11.9 Å². The summed E-state index contributed by atoms with van der Waals surface area (Å²) in [4.78, 5) is 0. The number of halogens is 1. The van der Waals surface area contributed by atoms with Gasteiger partial charge in [-0.25, -0.2) is 4.39 Å². The molecule has 1 aromatic rings. The van der Waals surface area contributed by atoms with Crippen LogP contribution in [0.15, 0.2) is 12.1 Å². The fourth-order valence-electron chi connectivity index (χ4n) is 2.04. The molecule has 0 bridgehead atoms. The van der Waals surface area contributed by atoms with Crippen LogP contribution in [0.5, 0.6) is 5.75 Å². The van der Waals surface area contributed by atoms with E-state index in [9.17, 15) is 4.39 Å². The van der Waals surface area contributed by atoms with Crippen molar-refractivity contribution in [2.24, 2.45) is 0 Å². The van der Waals surface area contributed by atoms with Crippen molar-refractivity contribution in [2.45, 2.75) is 13.0 Å². The lowest BCUT2D eigenvalue weighted by Crippen LogP contribution is -2.34. The summed E-state index contributed by atoms with van der Waals surface area (Å²) in [6.45, 7) is 3.93. The van der Waals surface area contributed by atoms with E-state index in [0.717, 1.165) is 12.1 Å². The van der Waals surface area contributed by atoms with Gasteiger partial charge in [-0.3, -0.25) is 0 Å². The number of morpholine rings is 1. The smallest absolute Gasteiger partial charge is 0.129 e. The van der Waals surface area contributed by atoms with Crippen LogP contribution in [0.25, 0.3) is 0 Å². The lowest BCUT2D eigenvalue weighted by Gasteiger charge is -2.26. The molecule has 0 radical (unpaired) electrons. The molecule has 0 saturated carbocycles. The second-order valence-electron chi connectivity index (χ2n) is 3.85. The monoisotopic (exact) mass is 225 g/mol. The number of methoxy groups -OCH3 is 1. The summed E-state index contributed by atoms with van der Waals surface area (Å²) >= 11 is 0. The topological polar surface area (TPSA) is 30.5 Å². The first-order valence-corrected chi connectivity index (χ1v) is 5.39. The molecule has 0 amide bonds. The van der Waals surface area contributed by atoms with Gasteiger partial charge in [0.1, 0.15) is 11.6 Å². The van der Waals surface area contributed by atoms with Crippen LogP contribution in [0.3, 0.4) is 0 Å². The maximum atomic E-state index is 13.8. The molecule has 1 aromatic carbocycles. The predicted molar refractivity (Wildman–Crippen MR) is 59.3 cm³/mol. The highest BCUT2D eigenvalue weighted by Crippen LogP contribution is 2.30. The molecule has 1 unspecified atom stereocenters. The van der Waals surface area contributed by atoms with Crippen LogP contribution >= 0.6 is 0 Å². The van der Waals surface area contributed by atoms with Gasteiger partial charge >= 0.3 is 0 Å². The molecule has 1 heterocycles. The Kier molecular flexibility index (Phi) is 3.41. The fraction of sp³-hybridized carbons (Fsp3) is 0.500. The molecule has 1 N–H and O–H groups in total. The summed E-state index contributed by atoms with van der Waals surface area (Å²) in [5, 5.41) is 3.19. The van der Waals surface area contributed by atoms with Crippen LogP contribution in [0.1, 0.15) is 17.2 Å². The molecule has 0 aromatic heterocycles. The normalized spacial score (nSPS) is 20.8. The highest BCUT2D eigenvalue weighted by molar-refractivity contribution is 5.41. The molecule has 1 aliphatic heterocycles. The number of rotatable bonds is 2. The quantitative estimate of drug-likeness (QED) is 0.832. The number of nitrogens with one attached hydrogen (secondary N) is 1. The molecule has 0 spiro atoms. The number of hydrogen-bond acceptors (Lipinski definition) is 3. The molecule has 16 heavy (non-hydrogen) atoms. The van der Waals surface area contributed by atoms with E-state index < -0.39 is 0 Å². The van der Waals surface area contributed by atoms with Crippen molar-refractivity contribution in [3.8, 4) is 5.75 Å². The Bertz CT molecular complexity index is 376. The Morgan fingerprint density at radius 3 is 2.94 bits per heavy atom. The molecule has 0 aliphatic carbocycles. The summed E-state index contributed by atoms with van der Waals surface area (Å²) in [5.41, 5.74) is 1.42. The molecule has 1 fully saturated rings. The minimum absolute atomic E-state index is 0.219. The Hall–Kier alpha value is -1.13. The van der Waals surface area contributed by atoms with Gasteiger partial charge in [0.2, 0.25) is 0 Å². The Balaban J connectivity index is 2.37. The number of ether oxygens (including phenoxy) is 2. The van der Waals surface area contributed by atoms with Crippen molar-refractivity contribution in [3.63, 3.8) is 0 Å². The first kappa shape index (κ1) is 11.4. The molecule has 1 aliphatic rings. The third kappa shape index (κ3) is 2.03. The first-order valence-electron chi connectivity index (χ1n) is 5.39. The van der Waals surface area contributed by atoms with Gasteiger partial charge < -0.3 is 14.8 Å². The molecule has 2 rings (SSSR count). The lowest BCUT2D eigenvalue weighted by molar-refractivity contribution is 0.0250. The van der Waals surface area contributed by atoms with Crippen molar-refractivity contribution >= 4 is 0 Å². The van der Waals surface area contributed by atoms with Crippen molar-refractivity contribution in [1.29, 1.82) is 0 Å². The molecule has 1 atom stereocenters. The van der Waals surface area contributed by atoms with Crippen LogP contribution in [0, 0.1) is 12.7 Å². The standard InChI is InChI=1S/C12H16FNO2/c1-8-10(15-2)4-3-9(13)12(8)11-7-14-5-6-16-11/h3-4,11,14H,5-7H2,1-2H3. The van der Waals surface area contributed by atoms with Crippen molar-refractivity contribution in [3.05, 3.63) is 29.1 Å². The van der Waals surface area contributed by atoms with Crippen molar-refractivity contribution < 1.29 is 13.9 Å². The van der Waals surface area contributed by atoms with E-state index in [1.807, 2.05) is 6.92 Å². The zero-order chi connectivity index (χ0) is 11.5. The van der Waals surface area contributed by atoms with Crippen LogP contribution in [0.4, 0.5) is 4.39 Å². The average molecular weight is 225 g/mol. The van der Waals surface area contributed by atoms with Gasteiger partial charge in [0, 0.05) is 18.7 Å². The summed E-state index contributed by atoms with van der Waals surface area (Å²) in [6.07, 6.45) is -0.219. The van der Waals surface area contributed by atoms with Crippen LogP contribution in [0.2, 0.25) is 0 Å². The van der Waals surface area contributed by atoms with E-state index in [1.54, 1.807) is 13.2 Å². The van der Waals surface area contributed by atoms with Gasteiger partial charge in [0.25, 0.3) is 0 Å². The van der Waals surface area contributed by atoms with Gasteiger partial charge in [0.05, 0.1) is 19.8 Å². The van der Waals surface area contributed by atoms with Crippen molar-refractivity contribution in [2.75, 3.05) is 26.8 Å². The zero-order valence-corrected chi connectivity index (χ0v) is 9.55. The van der Waals surface area contributed by atoms with Gasteiger partial charge in [-0.2, -0.15) is 0 Å². The summed E-state index contributed by atoms with van der Waals surface area (Å²) in [7, 11) is 1.59. The van der Waals surface area contributed by atoms with E-state index in [4.69, 9.17) is 9.47 Å². The van der Waals surface area contributed by atoms with E-state index in [1.165, 1.54) is 6.07 Å². The Labute approximate surface area is 94.6 Å². The van der Waals surface area contributed by atoms with E-state index in [2.05, 4.69) is 5.32 Å². The van der Waals surface area contributed by atoms with Gasteiger partial charge in [0.15, 0.2) is 0 Å². The van der Waals surface area contributed by atoms with Gasteiger partial charge in [-0.05, 0) is 24.6 Å². The minimum atomic E-state index is -0.230. The second kappa shape index (κ2) is 4.80. The third-order valence-electron chi connectivity index (χ3n) is 2.88. The lowest BCUT2D eigenvalue weighted by atomic mass is 10.0. The highest BCUT2D eigenvalue weighted by Gasteiger charge is 2.22.